The molecule has 14 heavy (non-hydrogen) atoms. The SMILES string of the molecule is C=C/C(C)=C\c1nc2n(c1C)CCC2. The van der Waals surface area contributed by atoms with Gasteiger partial charge in [0.25, 0.3) is 0 Å². The van der Waals surface area contributed by atoms with E-state index in [9.17, 15) is 0 Å². The Morgan fingerprint density at radius 1 is 1.57 bits per heavy atom. The Labute approximate surface area is 85.0 Å². The van der Waals surface area contributed by atoms with Gasteiger partial charge in [0, 0.05) is 18.7 Å². The maximum atomic E-state index is 4.62. The molecule has 0 aromatic carbocycles. The summed E-state index contributed by atoms with van der Waals surface area (Å²) in [6.45, 7) is 9.08. The quantitative estimate of drug-likeness (QED) is 0.652. The molecule has 2 rings (SSSR count). The van der Waals surface area contributed by atoms with Gasteiger partial charge in [0.2, 0.25) is 0 Å². The van der Waals surface area contributed by atoms with Gasteiger partial charge in [-0.15, -0.1) is 0 Å². The minimum Gasteiger partial charge on any atom is -0.332 e. The number of imidazole rings is 1. The molecule has 1 aliphatic heterocycles. The van der Waals surface area contributed by atoms with Crippen LogP contribution in [0.2, 0.25) is 0 Å². The summed E-state index contributed by atoms with van der Waals surface area (Å²) in [5.74, 6) is 1.24. The van der Waals surface area contributed by atoms with Crippen molar-refractivity contribution in [2.45, 2.75) is 33.2 Å². The Morgan fingerprint density at radius 3 is 3.00 bits per heavy atom. The zero-order valence-electron chi connectivity index (χ0n) is 8.88. The van der Waals surface area contributed by atoms with Crippen LogP contribution in [0.5, 0.6) is 0 Å². The zero-order chi connectivity index (χ0) is 10.1. The summed E-state index contributed by atoms with van der Waals surface area (Å²) < 4.78 is 2.32. The predicted molar refractivity (Wildman–Crippen MR) is 59.1 cm³/mol. The number of aromatic nitrogens is 2. The fourth-order valence-corrected chi connectivity index (χ4v) is 1.91. The summed E-state index contributed by atoms with van der Waals surface area (Å²) in [6, 6.07) is 0. The van der Waals surface area contributed by atoms with Crippen molar-refractivity contribution in [1.29, 1.82) is 0 Å². The molecule has 0 radical (unpaired) electrons. The lowest BCUT2D eigenvalue weighted by Gasteiger charge is -1.98. The fraction of sp³-hybridized carbons (Fsp3) is 0.417. The summed E-state index contributed by atoms with van der Waals surface area (Å²) in [6.07, 6.45) is 6.34. The second kappa shape index (κ2) is 3.45. The van der Waals surface area contributed by atoms with Crippen LogP contribution in [0.3, 0.4) is 0 Å². The van der Waals surface area contributed by atoms with Gasteiger partial charge in [0.05, 0.1) is 5.69 Å². The van der Waals surface area contributed by atoms with Gasteiger partial charge in [-0.05, 0) is 31.9 Å². The summed E-state index contributed by atoms with van der Waals surface area (Å²) >= 11 is 0. The topological polar surface area (TPSA) is 17.8 Å². The third-order valence-corrected chi connectivity index (χ3v) is 2.81. The molecule has 0 saturated heterocycles. The number of nitrogens with zero attached hydrogens (tertiary/aromatic N) is 2. The number of allylic oxidation sites excluding steroid dienone is 2. The molecule has 0 saturated carbocycles. The molecule has 2 nitrogen and oxygen atoms in total. The van der Waals surface area contributed by atoms with Crippen molar-refractivity contribution >= 4 is 6.08 Å². The number of hydrogen-bond acceptors (Lipinski definition) is 1. The summed E-state index contributed by atoms with van der Waals surface area (Å²) in [7, 11) is 0. The highest BCUT2D eigenvalue weighted by Crippen LogP contribution is 2.21. The van der Waals surface area contributed by atoms with Crippen molar-refractivity contribution < 1.29 is 0 Å². The molecule has 2 heteroatoms. The van der Waals surface area contributed by atoms with Crippen LogP contribution < -0.4 is 0 Å². The van der Waals surface area contributed by atoms with E-state index >= 15 is 0 Å². The Kier molecular flexibility index (Phi) is 2.28. The lowest BCUT2D eigenvalue weighted by Crippen LogP contribution is -1.94. The lowest BCUT2D eigenvalue weighted by molar-refractivity contribution is 0.728. The van der Waals surface area contributed by atoms with Gasteiger partial charge >= 0.3 is 0 Å². The van der Waals surface area contributed by atoms with Gasteiger partial charge in [-0.2, -0.15) is 0 Å². The van der Waals surface area contributed by atoms with E-state index in [4.69, 9.17) is 0 Å². The van der Waals surface area contributed by atoms with E-state index in [1.165, 1.54) is 23.5 Å². The fourth-order valence-electron chi connectivity index (χ4n) is 1.91. The highest BCUT2D eigenvalue weighted by molar-refractivity contribution is 5.54. The van der Waals surface area contributed by atoms with Crippen molar-refractivity contribution in [2.24, 2.45) is 0 Å². The normalized spacial score (nSPS) is 15.7. The maximum Gasteiger partial charge on any atom is 0.109 e. The van der Waals surface area contributed by atoms with Crippen LogP contribution in [-0.4, -0.2) is 9.55 Å². The second-order valence-electron chi connectivity index (χ2n) is 3.85. The van der Waals surface area contributed by atoms with Crippen LogP contribution in [0.4, 0.5) is 0 Å². The molecule has 2 heterocycles. The number of rotatable bonds is 2. The smallest absolute Gasteiger partial charge is 0.109 e. The summed E-state index contributed by atoms with van der Waals surface area (Å²) in [5.41, 5.74) is 3.57. The minimum absolute atomic E-state index is 1.11. The Morgan fingerprint density at radius 2 is 2.36 bits per heavy atom. The zero-order valence-corrected chi connectivity index (χ0v) is 8.88. The van der Waals surface area contributed by atoms with Gasteiger partial charge in [-0.3, -0.25) is 0 Å². The molecular formula is C12H16N2. The van der Waals surface area contributed by atoms with Crippen molar-refractivity contribution in [3.8, 4) is 0 Å². The molecule has 0 N–H and O–H groups in total. The van der Waals surface area contributed by atoms with Crippen molar-refractivity contribution in [3.63, 3.8) is 0 Å². The first-order chi connectivity index (χ1) is 6.72. The first-order valence-electron chi connectivity index (χ1n) is 5.09. The van der Waals surface area contributed by atoms with E-state index in [1.807, 2.05) is 6.08 Å². The van der Waals surface area contributed by atoms with E-state index in [0.717, 1.165) is 18.7 Å². The van der Waals surface area contributed by atoms with Crippen molar-refractivity contribution in [1.82, 2.24) is 9.55 Å². The van der Waals surface area contributed by atoms with Gasteiger partial charge < -0.3 is 4.57 Å². The third kappa shape index (κ3) is 1.41. The summed E-state index contributed by atoms with van der Waals surface area (Å²) in [5, 5.41) is 0. The van der Waals surface area contributed by atoms with E-state index in [2.05, 4.69) is 36.1 Å². The van der Waals surface area contributed by atoms with Crippen LogP contribution in [0.1, 0.15) is 30.6 Å². The molecule has 1 aromatic rings. The molecule has 0 aliphatic carbocycles. The number of hydrogen-bond donors (Lipinski definition) is 0. The van der Waals surface area contributed by atoms with Crippen LogP contribution in [0.25, 0.3) is 6.08 Å². The van der Waals surface area contributed by atoms with E-state index < -0.39 is 0 Å². The van der Waals surface area contributed by atoms with E-state index in [1.54, 1.807) is 0 Å². The first-order valence-corrected chi connectivity index (χ1v) is 5.09. The summed E-state index contributed by atoms with van der Waals surface area (Å²) in [4.78, 5) is 4.62. The van der Waals surface area contributed by atoms with E-state index in [-0.39, 0.29) is 0 Å². The number of aryl methyl sites for hydroxylation is 1. The lowest BCUT2D eigenvalue weighted by atomic mass is 10.2. The minimum atomic E-state index is 1.11. The Hall–Kier alpha value is -1.31. The van der Waals surface area contributed by atoms with Crippen molar-refractivity contribution in [3.05, 3.63) is 35.4 Å². The Bertz CT molecular complexity index is 397. The third-order valence-electron chi connectivity index (χ3n) is 2.81. The predicted octanol–water partition coefficient (Wildman–Crippen LogP) is 2.73. The van der Waals surface area contributed by atoms with Crippen LogP contribution in [0, 0.1) is 6.92 Å². The number of fused-ring (bicyclic) bond motifs is 1. The molecule has 0 atom stereocenters. The Balaban J connectivity index is 2.41. The molecule has 1 aliphatic rings. The highest BCUT2D eigenvalue weighted by Gasteiger charge is 2.16. The van der Waals surface area contributed by atoms with Crippen molar-refractivity contribution in [2.75, 3.05) is 0 Å². The molecule has 0 fully saturated rings. The molecule has 0 bridgehead atoms. The molecular weight excluding hydrogens is 172 g/mol. The molecule has 74 valence electrons. The first kappa shape index (κ1) is 9.25. The maximum absolute atomic E-state index is 4.62. The monoisotopic (exact) mass is 188 g/mol. The van der Waals surface area contributed by atoms with Crippen LogP contribution in [-0.2, 0) is 13.0 Å². The van der Waals surface area contributed by atoms with Gasteiger partial charge in [-0.25, -0.2) is 4.98 Å². The molecule has 1 aromatic heterocycles. The van der Waals surface area contributed by atoms with E-state index in [0.29, 0.717) is 0 Å². The van der Waals surface area contributed by atoms with Gasteiger partial charge in [-0.1, -0.05) is 12.7 Å². The van der Waals surface area contributed by atoms with Crippen LogP contribution in [0.15, 0.2) is 18.2 Å². The van der Waals surface area contributed by atoms with Gasteiger partial charge in [0.1, 0.15) is 5.82 Å². The average molecular weight is 188 g/mol. The standard InChI is InChI=1S/C12H16N2/c1-4-9(2)8-11-10(3)14-7-5-6-12(14)13-11/h4,8H,1,5-7H2,2-3H3/b9-8-. The molecule has 0 spiro atoms. The van der Waals surface area contributed by atoms with Gasteiger partial charge in [0.15, 0.2) is 0 Å². The largest absolute Gasteiger partial charge is 0.332 e. The molecule has 0 amide bonds. The van der Waals surface area contributed by atoms with Crippen LogP contribution >= 0.6 is 0 Å². The second-order valence-corrected chi connectivity index (χ2v) is 3.85. The molecule has 0 unspecified atom stereocenters. The highest BCUT2D eigenvalue weighted by atomic mass is 15.1. The average Bonchev–Trinajstić information content (AvgIpc) is 2.72.